The molecule has 10 nitrogen and oxygen atoms in total. The van der Waals surface area contributed by atoms with Crippen LogP contribution in [-0.2, 0) is 6.54 Å². The van der Waals surface area contributed by atoms with E-state index in [1.165, 1.54) is 11.9 Å². The van der Waals surface area contributed by atoms with Gasteiger partial charge in [-0.3, -0.25) is 4.90 Å². The molecule has 0 spiro atoms. The lowest BCUT2D eigenvalue weighted by molar-refractivity contribution is 0.0312. The molecule has 6 heterocycles. The Morgan fingerprint density at radius 2 is 1.76 bits per heavy atom. The Balaban J connectivity index is 1.13. The van der Waals surface area contributed by atoms with Gasteiger partial charge < -0.3 is 15.2 Å². The first-order valence-electron chi connectivity index (χ1n) is 12.7. The van der Waals surface area contributed by atoms with E-state index >= 15 is 0 Å². The molecule has 188 valence electrons. The molecule has 2 aliphatic heterocycles. The number of aliphatic hydroxyl groups is 1. The molecule has 2 bridgehead atoms. The Labute approximate surface area is 213 Å². The Hall–Kier alpha value is -4.02. The largest absolute Gasteiger partial charge is 0.457 e. The van der Waals surface area contributed by atoms with Crippen molar-refractivity contribution in [3.05, 3.63) is 72.6 Å². The number of hydrogen-bond donors (Lipinski definition) is 2. The zero-order valence-electron chi connectivity index (χ0n) is 20.5. The van der Waals surface area contributed by atoms with Crippen LogP contribution in [0, 0.1) is 6.92 Å². The minimum atomic E-state index is -0.166. The van der Waals surface area contributed by atoms with Gasteiger partial charge in [-0.2, -0.15) is 10.2 Å². The number of pyridine rings is 1. The van der Waals surface area contributed by atoms with Crippen LogP contribution < -0.4 is 10.1 Å². The highest BCUT2D eigenvalue weighted by molar-refractivity contribution is 5.76. The minimum Gasteiger partial charge on any atom is -0.457 e. The van der Waals surface area contributed by atoms with E-state index in [2.05, 4.69) is 42.5 Å². The van der Waals surface area contributed by atoms with Crippen molar-refractivity contribution in [3.8, 4) is 11.5 Å². The number of rotatable bonds is 6. The van der Waals surface area contributed by atoms with Gasteiger partial charge in [0.2, 0.25) is 0 Å². The second-order valence-corrected chi connectivity index (χ2v) is 10.1. The zero-order valence-corrected chi connectivity index (χ0v) is 20.5. The van der Waals surface area contributed by atoms with Crippen LogP contribution in [0.5, 0.6) is 11.5 Å². The van der Waals surface area contributed by atoms with Crippen molar-refractivity contribution >= 4 is 22.7 Å². The molecule has 37 heavy (non-hydrogen) atoms. The molecule has 3 atom stereocenters. The summed E-state index contributed by atoms with van der Waals surface area (Å²) in [5.41, 5.74) is 4.82. The Morgan fingerprint density at radius 1 is 0.973 bits per heavy atom. The van der Waals surface area contributed by atoms with Gasteiger partial charge in [0.1, 0.15) is 29.7 Å². The summed E-state index contributed by atoms with van der Waals surface area (Å²) in [6, 6.07) is 12.8. The number of hydrogen-bond acceptors (Lipinski definition) is 8. The average Bonchev–Trinajstić information content (AvgIpc) is 3.58. The van der Waals surface area contributed by atoms with Gasteiger partial charge in [0.25, 0.3) is 0 Å². The van der Waals surface area contributed by atoms with Crippen LogP contribution in [-0.4, -0.2) is 57.4 Å². The summed E-state index contributed by atoms with van der Waals surface area (Å²) in [5, 5.41) is 22.3. The van der Waals surface area contributed by atoms with Gasteiger partial charge >= 0.3 is 0 Å². The van der Waals surface area contributed by atoms with Gasteiger partial charge in [0, 0.05) is 42.8 Å². The molecule has 7 rings (SSSR count). The van der Waals surface area contributed by atoms with Crippen LogP contribution in [0.3, 0.4) is 0 Å². The molecule has 0 aliphatic carbocycles. The van der Waals surface area contributed by atoms with E-state index in [0.29, 0.717) is 17.8 Å². The van der Waals surface area contributed by atoms with Crippen molar-refractivity contribution in [3.63, 3.8) is 0 Å². The molecule has 2 saturated heterocycles. The summed E-state index contributed by atoms with van der Waals surface area (Å²) in [6.45, 7) is 2.86. The average molecular weight is 497 g/mol. The van der Waals surface area contributed by atoms with Crippen LogP contribution in [0.25, 0.3) is 11.2 Å². The van der Waals surface area contributed by atoms with Gasteiger partial charge in [-0.25, -0.2) is 19.0 Å². The molecule has 1 aromatic carbocycles. The van der Waals surface area contributed by atoms with Crippen LogP contribution in [0.15, 0.2) is 61.4 Å². The monoisotopic (exact) mass is 496 g/mol. The number of aliphatic hydroxyl groups excluding tert-OH is 1. The smallest absolute Gasteiger partial charge is 0.158 e. The predicted molar refractivity (Wildman–Crippen MR) is 138 cm³/mol. The minimum absolute atomic E-state index is 0.166. The lowest BCUT2D eigenvalue weighted by Gasteiger charge is -2.37. The second-order valence-electron chi connectivity index (χ2n) is 10.1. The van der Waals surface area contributed by atoms with Gasteiger partial charge in [-0.15, -0.1) is 0 Å². The number of aryl methyl sites for hydroxylation is 1. The Bertz CT molecular complexity index is 1580. The summed E-state index contributed by atoms with van der Waals surface area (Å²) >= 11 is 0. The lowest BCUT2D eigenvalue weighted by atomic mass is 9.99. The molecule has 2 aliphatic rings. The zero-order chi connectivity index (χ0) is 24.9. The number of nitrogens with zero attached hydrogens (tertiary/aromatic N) is 7. The third-order valence-electron chi connectivity index (χ3n) is 7.67. The van der Waals surface area contributed by atoms with E-state index in [-0.39, 0.29) is 6.10 Å². The summed E-state index contributed by atoms with van der Waals surface area (Å²) in [7, 11) is 0. The fraction of sp³-hybridized carbons (Fsp3) is 0.333. The van der Waals surface area contributed by atoms with Crippen molar-refractivity contribution in [1.29, 1.82) is 0 Å². The van der Waals surface area contributed by atoms with Crippen LogP contribution in [0.4, 0.5) is 11.5 Å². The molecule has 0 amide bonds. The van der Waals surface area contributed by atoms with E-state index in [9.17, 15) is 5.11 Å². The van der Waals surface area contributed by atoms with Gasteiger partial charge in [0.15, 0.2) is 11.5 Å². The number of anilines is 2. The topological polar surface area (TPSA) is 105 Å². The maximum Gasteiger partial charge on any atom is 0.158 e. The van der Waals surface area contributed by atoms with Crippen LogP contribution in [0.2, 0.25) is 0 Å². The molecule has 2 N–H and O–H groups in total. The number of nitrogens with one attached hydrogen (secondary N) is 1. The molecule has 0 radical (unpaired) electrons. The predicted octanol–water partition coefficient (Wildman–Crippen LogP) is 4.10. The van der Waals surface area contributed by atoms with E-state index in [1.54, 1.807) is 10.8 Å². The van der Waals surface area contributed by atoms with Crippen molar-refractivity contribution in [2.45, 2.75) is 57.3 Å². The molecule has 5 aromatic rings. The molecule has 4 aromatic heterocycles. The van der Waals surface area contributed by atoms with Gasteiger partial charge in [-0.1, -0.05) is 0 Å². The fourth-order valence-electron chi connectivity index (χ4n) is 5.90. The molecule has 0 unspecified atom stereocenters. The molecule has 2 fully saturated rings. The number of aromatic nitrogens is 6. The SMILES string of the molecule is Cc1cc(Nc2ncnn3ccc(CN4[C@@H]5CC[C@H]4C[C@H](O)C5)c23)ccc1Oc1ccn2ncnc2c1. The van der Waals surface area contributed by atoms with Crippen LogP contribution in [0.1, 0.15) is 36.8 Å². The normalized spacial score (nSPS) is 21.6. The summed E-state index contributed by atoms with van der Waals surface area (Å²) < 4.78 is 9.71. The van der Waals surface area contributed by atoms with Crippen molar-refractivity contribution in [1.82, 2.24) is 34.1 Å². The number of ether oxygens (including phenoxy) is 1. The molecular formula is C27H28N8O2. The highest BCUT2D eigenvalue weighted by atomic mass is 16.5. The maximum atomic E-state index is 10.2. The second kappa shape index (κ2) is 8.82. The first-order chi connectivity index (χ1) is 18.1. The van der Waals surface area contributed by atoms with Crippen molar-refractivity contribution in [2.75, 3.05) is 5.32 Å². The third kappa shape index (κ3) is 4.08. The maximum absolute atomic E-state index is 10.2. The van der Waals surface area contributed by atoms with E-state index < -0.39 is 0 Å². The number of piperidine rings is 1. The van der Waals surface area contributed by atoms with E-state index in [4.69, 9.17) is 4.74 Å². The quantitative estimate of drug-likeness (QED) is 0.362. The standard InChI is InChI=1S/C27H28N8O2/c1-17-10-19(2-5-24(17)37-23-7-9-34-25(13-23)28-15-30-34)32-27-26-18(6-8-35(26)31-16-29-27)14-33-20-3-4-21(33)12-22(36)11-20/h2,5-10,13,15-16,20-22,36H,3-4,11-12,14H2,1H3,(H,29,31,32)/t20-,21+,22-. The van der Waals surface area contributed by atoms with Crippen molar-refractivity contribution < 1.29 is 9.84 Å². The molecular weight excluding hydrogens is 468 g/mol. The van der Waals surface area contributed by atoms with E-state index in [1.807, 2.05) is 48.1 Å². The lowest BCUT2D eigenvalue weighted by Crippen LogP contribution is -2.44. The van der Waals surface area contributed by atoms with Gasteiger partial charge in [0.05, 0.1) is 6.10 Å². The van der Waals surface area contributed by atoms with Crippen LogP contribution >= 0.6 is 0 Å². The van der Waals surface area contributed by atoms with E-state index in [0.717, 1.165) is 66.2 Å². The number of benzene rings is 1. The summed E-state index contributed by atoms with van der Waals surface area (Å²) in [4.78, 5) is 11.4. The third-order valence-corrected chi connectivity index (χ3v) is 7.67. The Morgan fingerprint density at radius 3 is 2.59 bits per heavy atom. The fourth-order valence-corrected chi connectivity index (χ4v) is 5.90. The highest BCUT2D eigenvalue weighted by Gasteiger charge is 2.40. The summed E-state index contributed by atoms with van der Waals surface area (Å²) in [6.07, 6.45) is 10.8. The number of fused-ring (bicyclic) bond motifs is 4. The first kappa shape index (κ1) is 22.2. The van der Waals surface area contributed by atoms with Gasteiger partial charge in [-0.05, 0) is 74.1 Å². The first-order valence-corrected chi connectivity index (χ1v) is 12.7. The molecule has 0 saturated carbocycles. The molecule has 10 heteroatoms. The highest BCUT2D eigenvalue weighted by Crippen LogP contribution is 2.38. The Kier molecular flexibility index (Phi) is 5.29. The summed E-state index contributed by atoms with van der Waals surface area (Å²) in [5.74, 6) is 2.25. The van der Waals surface area contributed by atoms with Crippen molar-refractivity contribution in [2.24, 2.45) is 0 Å².